The maximum atomic E-state index is 11.1. The fourth-order valence-electron chi connectivity index (χ4n) is 1.73. The number of aromatic nitrogens is 2. The zero-order chi connectivity index (χ0) is 13.0. The van der Waals surface area contributed by atoms with Crippen LogP contribution in [0.25, 0.3) is 0 Å². The van der Waals surface area contributed by atoms with E-state index in [1.165, 1.54) is 11.3 Å². The van der Waals surface area contributed by atoms with E-state index in [-0.39, 0.29) is 0 Å². The molecule has 4 nitrogen and oxygen atoms in total. The van der Waals surface area contributed by atoms with Crippen molar-refractivity contribution in [3.63, 3.8) is 0 Å². The van der Waals surface area contributed by atoms with Gasteiger partial charge in [0, 0.05) is 18.8 Å². The average molecular weight is 262 g/mol. The van der Waals surface area contributed by atoms with Gasteiger partial charge in [-0.05, 0) is 24.1 Å². The molecule has 0 fully saturated rings. The minimum absolute atomic E-state index is 0.376. The molecule has 0 spiro atoms. The molecule has 94 valence electrons. The van der Waals surface area contributed by atoms with Crippen LogP contribution in [-0.4, -0.2) is 21.0 Å². The molecule has 0 aliphatic carbocycles. The van der Waals surface area contributed by atoms with E-state index in [9.17, 15) is 4.79 Å². The van der Waals surface area contributed by atoms with Gasteiger partial charge in [-0.3, -0.25) is 4.98 Å². The molecule has 0 amide bonds. The topological polar surface area (TPSA) is 63.1 Å². The molecular formula is C13H14N2O2S. The highest BCUT2D eigenvalue weighted by atomic mass is 32.1. The van der Waals surface area contributed by atoms with Gasteiger partial charge in [0.1, 0.15) is 4.88 Å². The Morgan fingerprint density at radius 2 is 2.11 bits per heavy atom. The quantitative estimate of drug-likeness (QED) is 0.900. The smallest absolute Gasteiger partial charge is 0.347 e. The molecule has 2 aromatic heterocycles. The standard InChI is InChI=1S/C13H14N2O2S/c1-2-3-10-12(13(16)17)18-11(15-10)8-9-4-6-14-7-5-9/h4-7H,2-3,8H2,1H3,(H,16,17). The van der Waals surface area contributed by atoms with Crippen LogP contribution in [0.3, 0.4) is 0 Å². The average Bonchev–Trinajstić information content (AvgIpc) is 2.74. The van der Waals surface area contributed by atoms with Gasteiger partial charge in [-0.1, -0.05) is 13.3 Å². The second-order valence-electron chi connectivity index (χ2n) is 3.97. The minimum atomic E-state index is -0.878. The lowest BCUT2D eigenvalue weighted by Gasteiger charge is -1.95. The van der Waals surface area contributed by atoms with Crippen molar-refractivity contribution in [1.29, 1.82) is 0 Å². The lowest BCUT2D eigenvalue weighted by molar-refractivity contribution is 0.0700. The summed E-state index contributed by atoms with van der Waals surface area (Å²) in [7, 11) is 0. The number of carboxylic acids is 1. The Morgan fingerprint density at radius 1 is 1.39 bits per heavy atom. The molecule has 0 aliphatic heterocycles. The van der Waals surface area contributed by atoms with Crippen molar-refractivity contribution in [2.45, 2.75) is 26.2 Å². The number of aryl methyl sites for hydroxylation is 1. The Morgan fingerprint density at radius 3 is 2.72 bits per heavy atom. The highest BCUT2D eigenvalue weighted by Gasteiger charge is 2.16. The van der Waals surface area contributed by atoms with Crippen molar-refractivity contribution in [3.8, 4) is 0 Å². The Balaban J connectivity index is 2.24. The summed E-state index contributed by atoms with van der Waals surface area (Å²) in [5.74, 6) is -0.878. The Kier molecular flexibility index (Phi) is 4.04. The third-order valence-electron chi connectivity index (χ3n) is 2.53. The summed E-state index contributed by atoms with van der Waals surface area (Å²) in [5, 5.41) is 9.98. The Bertz CT molecular complexity index is 537. The molecule has 0 unspecified atom stereocenters. The number of carbonyl (C=O) groups is 1. The largest absolute Gasteiger partial charge is 0.477 e. The van der Waals surface area contributed by atoms with E-state index in [0.29, 0.717) is 23.4 Å². The Labute approximate surface area is 109 Å². The predicted octanol–water partition coefficient (Wildman–Crippen LogP) is 2.78. The van der Waals surface area contributed by atoms with Crippen LogP contribution in [-0.2, 0) is 12.8 Å². The highest BCUT2D eigenvalue weighted by Crippen LogP contribution is 2.22. The molecule has 0 saturated heterocycles. The van der Waals surface area contributed by atoms with E-state index >= 15 is 0 Å². The van der Waals surface area contributed by atoms with Gasteiger partial charge in [0.2, 0.25) is 0 Å². The van der Waals surface area contributed by atoms with Gasteiger partial charge in [-0.25, -0.2) is 9.78 Å². The minimum Gasteiger partial charge on any atom is -0.477 e. The molecule has 0 radical (unpaired) electrons. The van der Waals surface area contributed by atoms with Crippen molar-refractivity contribution >= 4 is 17.3 Å². The summed E-state index contributed by atoms with van der Waals surface area (Å²) in [6, 6.07) is 3.84. The van der Waals surface area contributed by atoms with Gasteiger partial charge in [0.25, 0.3) is 0 Å². The summed E-state index contributed by atoms with van der Waals surface area (Å²) < 4.78 is 0. The molecule has 2 rings (SSSR count). The summed E-state index contributed by atoms with van der Waals surface area (Å²) in [5.41, 5.74) is 1.80. The first-order chi connectivity index (χ1) is 8.70. The first-order valence-corrected chi connectivity index (χ1v) is 6.63. The van der Waals surface area contributed by atoms with Crippen molar-refractivity contribution in [3.05, 3.63) is 45.7 Å². The van der Waals surface area contributed by atoms with Crippen molar-refractivity contribution in [1.82, 2.24) is 9.97 Å². The molecule has 2 heterocycles. The molecular weight excluding hydrogens is 248 g/mol. The second kappa shape index (κ2) is 5.73. The number of pyridine rings is 1. The molecule has 5 heteroatoms. The maximum absolute atomic E-state index is 11.1. The van der Waals surface area contributed by atoms with Crippen LogP contribution < -0.4 is 0 Å². The zero-order valence-corrected chi connectivity index (χ0v) is 10.9. The van der Waals surface area contributed by atoms with E-state index in [2.05, 4.69) is 9.97 Å². The van der Waals surface area contributed by atoms with Gasteiger partial charge in [0.15, 0.2) is 0 Å². The first kappa shape index (κ1) is 12.7. The fraction of sp³-hybridized carbons (Fsp3) is 0.308. The summed E-state index contributed by atoms with van der Waals surface area (Å²) >= 11 is 1.27. The lowest BCUT2D eigenvalue weighted by atomic mass is 10.2. The van der Waals surface area contributed by atoms with Gasteiger partial charge in [-0.15, -0.1) is 11.3 Å². The van der Waals surface area contributed by atoms with Crippen LogP contribution in [0, 0.1) is 0 Å². The van der Waals surface area contributed by atoms with E-state index in [0.717, 1.165) is 17.0 Å². The number of rotatable bonds is 5. The molecule has 18 heavy (non-hydrogen) atoms. The van der Waals surface area contributed by atoms with Gasteiger partial charge in [0.05, 0.1) is 10.7 Å². The third kappa shape index (κ3) is 2.92. The number of aromatic carboxylic acids is 1. The number of carboxylic acid groups (broad SMARTS) is 1. The SMILES string of the molecule is CCCc1nc(Cc2ccncc2)sc1C(=O)O. The first-order valence-electron chi connectivity index (χ1n) is 5.81. The van der Waals surface area contributed by atoms with E-state index in [1.807, 2.05) is 19.1 Å². The van der Waals surface area contributed by atoms with Crippen LogP contribution in [0.4, 0.5) is 0 Å². The lowest BCUT2D eigenvalue weighted by Crippen LogP contribution is -1.98. The third-order valence-corrected chi connectivity index (χ3v) is 3.61. The van der Waals surface area contributed by atoms with Crippen LogP contribution in [0.2, 0.25) is 0 Å². The number of thiazole rings is 1. The van der Waals surface area contributed by atoms with E-state index in [4.69, 9.17) is 5.11 Å². The zero-order valence-electron chi connectivity index (χ0n) is 10.1. The second-order valence-corrected chi connectivity index (χ2v) is 5.05. The Hall–Kier alpha value is -1.75. The van der Waals surface area contributed by atoms with Gasteiger partial charge < -0.3 is 5.11 Å². The van der Waals surface area contributed by atoms with Gasteiger partial charge in [-0.2, -0.15) is 0 Å². The van der Waals surface area contributed by atoms with Crippen molar-refractivity contribution in [2.24, 2.45) is 0 Å². The number of hydrogen-bond acceptors (Lipinski definition) is 4. The number of hydrogen-bond donors (Lipinski definition) is 1. The summed E-state index contributed by atoms with van der Waals surface area (Å²) in [6.45, 7) is 2.02. The summed E-state index contributed by atoms with van der Waals surface area (Å²) in [4.78, 5) is 19.9. The molecule has 0 aromatic carbocycles. The van der Waals surface area contributed by atoms with Crippen LogP contribution >= 0.6 is 11.3 Å². The molecule has 0 bridgehead atoms. The monoisotopic (exact) mass is 262 g/mol. The van der Waals surface area contributed by atoms with Crippen LogP contribution in [0.1, 0.15) is 39.3 Å². The van der Waals surface area contributed by atoms with Crippen molar-refractivity contribution < 1.29 is 9.90 Å². The maximum Gasteiger partial charge on any atom is 0.347 e. The number of nitrogens with zero attached hydrogens (tertiary/aromatic N) is 2. The van der Waals surface area contributed by atoms with E-state index < -0.39 is 5.97 Å². The van der Waals surface area contributed by atoms with Crippen molar-refractivity contribution in [2.75, 3.05) is 0 Å². The molecule has 0 saturated carbocycles. The fourth-order valence-corrected chi connectivity index (χ4v) is 2.71. The van der Waals surface area contributed by atoms with E-state index in [1.54, 1.807) is 12.4 Å². The van der Waals surface area contributed by atoms with Gasteiger partial charge >= 0.3 is 5.97 Å². The van der Waals surface area contributed by atoms with Crippen LogP contribution in [0.15, 0.2) is 24.5 Å². The predicted molar refractivity (Wildman–Crippen MR) is 70.1 cm³/mol. The normalized spacial score (nSPS) is 10.5. The molecule has 0 aliphatic rings. The summed E-state index contributed by atoms with van der Waals surface area (Å²) in [6.07, 6.45) is 5.74. The highest BCUT2D eigenvalue weighted by molar-refractivity contribution is 7.13. The molecule has 0 atom stereocenters. The van der Waals surface area contributed by atoms with Crippen LogP contribution in [0.5, 0.6) is 0 Å². The molecule has 2 aromatic rings. The molecule has 1 N–H and O–H groups in total.